The highest BCUT2D eigenvalue weighted by Gasteiger charge is 2.36. The number of nitrogens with zero attached hydrogens (tertiary/aromatic N) is 2. The number of benzene rings is 1. The van der Waals surface area contributed by atoms with E-state index in [1.54, 1.807) is 0 Å². The summed E-state index contributed by atoms with van der Waals surface area (Å²) in [6.07, 6.45) is 0.677. The van der Waals surface area contributed by atoms with Crippen LogP contribution in [0, 0.1) is 0 Å². The molecule has 6 heteroatoms. The molecule has 1 aromatic carbocycles. The van der Waals surface area contributed by atoms with Crippen molar-refractivity contribution in [3.05, 3.63) is 41.4 Å². The predicted molar refractivity (Wildman–Crippen MR) is 78.8 cm³/mol. The van der Waals surface area contributed by atoms with Crippen LogP contribution < -0.4 is 0 Å². The number of aliphatic carboxylic acids is 1. The van der Waals surface area contributed by atoms with Crippen LogP contribution in [0.4, 0.5) is 0 Å². The molecule has 1 fully saturated rings. The molecule has 2 heterocycles. The summed E-state index contributed by atoms with van der Waals surface area (Å²) < 4.78 is 0. The minimum absolute atomic E-state index is 0.114. The predicted octanol–water partition coefficient (Wildman–Crippen LogP) is 2.39. The summed E-state index contributed by atoms with van der Waals surface area (Å²) in [6, 6.07) is 9.06. The van der Waals surface area contributed by atoms with Crippen LogP contribution in [0.5, 0.6) is 0 Å². The van der Waals surface area contributed by atoms with E-state index < -0.39 is 12.0 Å². The van der Waals surface area contributed by atoms with E-state index in [1.807, 2.05) is 35.7 Å². The minimum atomic E-state index is -0.945. The smallest absolute Gasteiger partial charge is 0.326 e. The molecular weight excluding hydrogens is 288 g/mol. The van der Waals surface area contributed by atoms with Crippen molar-refractivity contribution >= 4 is 23.2 Å². The summed E-state index contributed by atoms with van der Waals surface area (Å²) >= 11 is 1.50. The Labute approximate surface area is 125 Å². The molecule has 0 unspecified atom stereocenters. The normalized spacial score (nSPS) is 18.2. The van der Waals surface area contributed by atoms with Crippen molar-refractivity contribution in [2.45, 2.75) is 25.4 Å². The van der Waals surface area contributed by atoms with E-state index >= 15 is 0 Å². The van der Waals surface area contributed by atoms with Gasteiger partial charge in [0, 0.05) is 17.4 Å². The molecule has 108 valence electrons. The Hall–Kier alpha value is -2.21. The van der Waals surface area contributed by atoms with Gasteiger partial charge >= 0.3 is 5.97 Å². The second-order valence-corrected chi connectivity index (χ2v) is 5.78. The number of carbonyl (C=O) groups is 2. The van der Waals surface area contributed by atoms with E-state index in [2.05, 4.69) is 4.98 Å². The van der Waals surface area contributed by atoms with Crippen molar-refractivity contribution in [3.63, 3.8) is 0 Å². The van der Waals surface area contributed by atoms with Crippen molar-refractivity contribution in [3.8, 4) is 10.6 Å². The Kier molecular flexibility index (Phi) is 3.70. The second kappa shape index (κ2) is 5.65. The highest BCUT2D eigenvalue weighted by molar-refractivity contribution is 7.13. The minimum Gasteiger partial charge on any atom is -0.480 e. The first kappa shape index (κ1) is 13.8. The fraction of sp³-hybridized carbons (Fsp3) is 0.267. The summed E-state index contributed by atoms with van der Waals surface area (Å²) in [5.41, 5.74) is 1.76. The number of likely N-dealkylation sites (tertiary alicyclic amines) is 1. The molecule has 0 saturated carbocycles. The number of carbonyl (C=O) groups excluding carboxylic acids is 1. The van der Waals surface area contributed by atoms with E-state index in [0.717, 1.165) is 16.3 Å². The Morgan fingerprint density at radius 1 is 1.38 bits per heavy atom. The fourth-order valence-electron chi connectivity index (χ4n) is 2.46. The van der Waals surface area contributed by atoms with Gasteiger partial charge in [-0.15, -0.1) is 11.3 Å². The molecule has 3 rings (SSSR count). The monoisotopic (exact) mass is 302 g/mol. The fourth-order valence-corrected chi connectivity index (χ4v) is 3.27. The highest BCUT2D eigenvalue weighted by Crippen LogP contribution is 2.26. The molecule has 1 amide bonds. The third-order valence-electron chi connectivity index (χ3n) is 3.52. The van der Waals surface area contributed by atoms with E-state index in [9.17, 15) is 9.59 Å². The molecule has 0 aliphatic carbocycles. The molecule has 21 heavy (non-hydrogen) atoms. The number of aromatic nitrogens is 1. The molecule has 0 bridgehead atoms. The first-order valence-electron chi connectivity index (χ1n) is 6.67. The third kappa shape index (κ3) is 2.80. The highest BCUT2D eigenvalue weighted by atomic mass is 32.1. The van der Waals surface area contributed by atoms with Crippen molar-refractivity contribution in [1.82, 2.24) is 9.88 Å². The maximum atomic E-state index is 11.8. The third-order valence-corrected chi connectivity index (χ3v) is 4.46. The molecule has 2 aromatic rings. The van der Waals surface area contributed by atoms with Crippen molar-refractivity contribution in [2.75, 3.05) is 0 Å². The Morgan fingerprint density at radius 3 is 2.86 bits per heavy atom. The van der Waals surface area contributed by atoms with Crippen LogP contribution in [0.15, 0.2) is 35.7 Å². The van der Waals surface area contributed by atoms with E-state index in [0.29, 0.717) is 12.8 Å². The molecule has 0 radical (unpaired) electrons. The van der Waals surface area contributed by atoms with Gasteiger partial charge in [0.05, 0.1) is 12.2 Å². The standard InChI is InChI=1S/C15H14N2O3S/c18-13-7-6-12(15(19)20)17(13)8-11-9-21-14(16-11)10-4-2-1-3-5-10/h1-5,9,12H,6-8H2,(H,19,20)/t12-/m1/s1. The number of carboxylic acids is 1. The van der Waals surface area contributed by atoms with Gasteiger partial charge in [-0.2, -0.15) is 0 Å². The Bertz CT molecular complexity index is 669. The van der Waals surface area contributed by atoms with Crippen LogP contribution in [-0.4, -0.2) is 32.9 Å². The molecule has 0 spiro atoms. The van der Waals surface area contributed by atoms with Gasteiger partial charge in [-0.1, -0.05) is 30.3 Å². The van der Waals surface area contributed by atoms with Gasteiger partial charge in [-0.3, -0.25) is 4.79 Å². The largest absolute Gasteiger partial charge is 0.480 e. The summed E-state index contributed by atoms with van der Waals surface area (Å²) in [7, 11) is 0. The van der Waals surface area contributed by atoms with E-state index in [1.165, 1.54) is 16.2 Å². The van der Waals surface area contributed by atoms with Crippen molar-refractivity contribution < 1.29 is 14.7 Å². The first-order valence-corrected chi connectivity index (χ1v) is 7.55. The maximum absolute atomic E-state index is 11.8. The van der Waals surface area contributed by atoms with Crippen molar-refractivity contribution in [2.24, 2.45) is 0 Å². The number of hydrogen-bond donors (Lipinski definition) is 1. The summed E-state index contributed by atoms with van der Waals surface area (Å²) in [4.78, 5) is 28.9. The quantitative estimate of drug-likeness (QED) is 0.941. The average Bonchev–Trinajstić information content (AvgIpc) is 3.08. The molecule has 5 nitrogen and oxygen atoms in total. The molecule has 1 aliphatic heterocycles. The number of thiazole rings is 1. The van der Waals surface area contributed by atoms with Crippen LogP contribution in [0.2, 0.25) is 0 Å². The van der Waals surface area contributed by atoms with Crippen LogP contribution >= 0.6 is 11.3 Å². The zero-order valence-corrected chi connectivity index (χ0v) is 12.0. The maximum Gasteiger partial charge on any atom is 0.326 e. The van der Waals surface area contributed by atoms with Gasteiger partial charge in [0.2, 0.25) is 5.91 Å². The Balaban J connectivity index is 1.78. The zero-order chi connectivity index (χ0) is 14.8. The summed E-state index contributed by atoms with van der Waals surface area (Å²) in [5, 5.41) is 11.9. The molecule has 1 aliphatic rings. The second-order valence-electron chi connectivity index (χ2n) is 4.92. The number of carboxylic acid groups (broad SMARTS) is 1. The topological polar surface area (TPSA) is 70.5 Å². The molecular formula is C15H14N2O3S. The van der Waals surface area contributed by atoms with Crippen LogP contribution in [0.1, 0.15) is 18.5 Å². The van der Waals surface area contributed by atoms with Gasteiger partial charge in [0.1, 0.15) is 11.0 Å². The summed E-state index contributed by atoms with van der Waals surface area (Å²) in [5.74, 6) is -1.06. The van der Waals surface area contributed by atoms with Gasteiger partial charge < -0.3 is 10.0 Å². The Morgan fingerprint density at radius 2 is 2.14 bits per heavy atom. The lowest BCUT2D eigenvalue weighted by atomic mass is 10.2. The SMILES string of the molecule is O=C(O)[C@H]1CCC(=O)N1Cc1csc(-c2ccccc2)n1. The lowest BCUT2D eigenvalue weighted by Crippen LogP contribution is -2.37. The number of hydrogen-bond acceptors (Lipinski definition) is 4. The van der Waals surface area contributed by atoms with Gasteiger partial charge in [0.25, 0.3) is 0 Å². The van der Waals surface area contributed by atoms with Crippen molar-refractivity contribution in [1.29, 1.82) is 0 Å². The lowest BCUT2D eigenvalue weighted by Gasteiger charge is -2.20. The molecule has 1 aromatic heterocycles. The average molecular weight is 302 g/mol. The zero-order valence-electron chi connectivity index (χ0n) is 11.2. The molecule has 1 atom stereocenters. The van der Waals surface area contributed by atoms with Crippen LogP contribution in [-0.2, 0) is 16.1 Å². The first-order chi connectivity index (χ1) is 10.1. The lowest BCUT2D eigenvalue weighted by molar-refractivity contribution is -0.146. The van der Waals surface area contributed by atoms with Crippen LogP contribution in [0.25, 0.3) is 10.6 Å². The van der Waals surface area contributed by atoms with E-state index in [4.69, 9.17) is 5.11 Å². The number of rotatable bonds is 4. The molecule has 1 N–H and O–H groups in total. The summed E-state index contributed by atoms with van der Waals surface area (Å²) in [6.45, 7) is 0.263. The van der Waals surface area contributed by atoms with Gasteiger partial charge in [-0.05, 0) is 6.42 Å². The number of amides is 1. The molecule has 1 saturated heterocycles. The van der Waals surface area contributed by atoms with E-state index in [-0.39, 0.29) is 12.5 Å². The van der Waals surface area contributed by atoms with Gasteiger partial charge in [0.15, 0.2) is 0 Å². The van der Waals surface area contributed by atoms with Gasteiger partial charge in [-0.25, -0.2) is 9.78 Å². The van der Waals surface area contributed by atoms with Crippen LogP contribution in [0.3, 0.4) is 0 Å².